The smallest absolute Gasteiger partial charge is 0.287 e. The standard InChI is InChI=1S/C12H17N3O4/c1-8-3-4-14(7-11(8)16)12(17)10-5-9(15(18)19)6-13(10)2/h5-6,8,11,16H,3-4,7H2,1-2H3. The van der Waals surface area contributed by atoms with Crippen molar-refractivity contribution in [3.63, 3.8) is 0 Å². The summed E-state index contributed by atoms with van der Waals surface area (Å²) in [6, 6.07) is 1.27. The Morgan fingerprint density at radius 2 is 2.26 bits per heavy atom. The third kappa shape index (κ3) is 2.60. The summed E-state index contributed by atoms with van der Waals surface area (Å²) < 4.78 is 1.45. The number of likely N-dealkylation sites (tertiary alicyclic amines) is 1. The van der Waals surface area contributed by atoms with Gasteiger partial charge in [-0.25, -0.2) is 0 Å². The minimum Gasteiger partial charge on any atom is -0.391 e. The zero-order valence-electron chi connectivity index (χ0n) is 10.9. The number of hydrogen-bond acceptors (Lipinski definition) is 4. The zero-order valence-corrected chi connectivity index (χ0v) is 10.9. The van der Waals surface area contributed by atoms with E-state index in [2.05, 4.69) is 0 Å². The van der Waals surface area contributed by atoms with Crippen LogP contribution in [0.5, 0.6) is 0 Å². The number of piperidine rings is 1. The maximum Gasteiger partial charge on any atom is 0.287 e. The molecule has 104 valence electrons. The van der Waals surface area contributed by atoms with E-state index < -0.39 is 11.0 Å². The van der Waals surface area contributed by atoms with Crippen molar-refractivity contribution in [1.29, 1.82) is 0 Å². The lowest BCUT2D eigenvalue weighted by Gasteiger charge is -2.34. The van der Waals surface area contributed by atoms with Crippen molar-refractivity contribution in [2.75, 3.05) is 13.1 Å². The Morgan fingerprint density at radius 1 is 1.58 bits per heavy atom. The largest absolute Gasteiger partial charge is 0.391 e. The van der Waals surface area contributed by atoms with Crippen molar-refractivity contribution >= 4 is 11.6 Å². The number of hydrogen-bond donors (Lipinski definition) is 1. The van der Waals surface area contributed by atoms with Crippen LogP contribution in [0.1, 0.15) is 23.8 Å². The lowest BCUT2D eigenvalue weighted by Crippen LogP contribution is -2.46. The van der Waals surface area contributed by atoms with E-state index in [0.717, 1.165) is 6.42 Å². The van der Waals surface area contributed by atoms with Crippen LogP contribution in [0.3, 0.4) is 0 Å². The van der Waals surface area contributed by atoms with E-state index in [9.17, 15) is 20.0 Å². The Labute approximate surface area is 110 Å². The van der Waals surface area contributed by atoms with Crippen molar-refractivity contribution < 1.29 is 14.8 Å². The summed E-state index contributed by atoms with van der Waals surface area (Å²) in [5.74, 6) is -0.103. The molecule has 0 saturated carbocycles. The van der Waals surface area contributed by atoms with E-state index in [4.69, 9.17) is 0 Å². The van der Waals surface area contributed by atoms with Crippen LogP contribution in [-0.2, 0) is 7.05 Å². The number of aliphatic hydroxyl groups is 1. The first-order valence-corrected chi connectivity index (χ1v) is 6.18. The summed E-state index contributed by atoms with van der Waals surface area (Å²) in [4.78, 5) is 24.0. The third-order valence-electron chi connectivity index (χ3n) is 3.63. The van der Waals surface area contributed by atoms with Gasteiger partial charge in [0.1, 0.15) is 5.69 Å². The van der Waals surface area contributed by atoms with Gasteiger partial charge in [-0.15, -0.1) is 0 Å². The minimum atomic E-state index is -0.534. The molecule has 19 heavy (non-hydrogen) atoms. The number of rotatable bonds is 2. The fourth-order valence-electron chi connectivity index (χ4n) is 2.25. The molecule has 1 fully saturated rings. The quantitative estimate of drug-likeness (QED) is 0.633. The highest BCUT2D eigenvalue weighted by molar-refractivity contribution is 5.93. The van der Waals surface area contributed by atoms with Gasteiger partial charge in [-0.05, 0) is 12.3 Å². The molecular formula is C12H17N3O4. The highest BCUT2D eigenvalue weighted by Gasteiger charge is 2.29. The summed E-state index contributed by atoms with van der Waals surface area (Å²) in [5.41, 5.74) is 0.172. The van der Waals surface area contributed by atoms with Gasteiger partial charge in [0.25, 0.3) is 11.6 Å². The average Bonchev–Trinajstić information content (AvgIpc) is 2.74. The molecule has 0 aliphatic carbocycles. The fraction of sp³-hybridized carbons (Fsp3) is 0.583. The van der Waals surface area contributed by atoms with Gasteiger partial charge in [-0.2, -0.15) is 0 Å². The van der Waals surface area contributed by atoms with E-state index in [1.807, 2.05) is 6.92 Å². The van der Waals surface area contributed by atoms with Crippen molar-refractivity contribution in [2.45, 2.75) is 19.4 Å². The van der Waals surface area contributed by atoms with Crippen LogP contribution in [-0.4, -0.2) is 44.6 Å². The molecule has 2 heterocycles. The van der Waals surface area contributed by atoms with Crippen LogP contribution < -0.4 is 0 Å². The third-order valence-corrected chi connectivity index (χ3v) is 3.63. The molecule has 1 amide bonds. The molecule has 7 heteroatoms. The van der Waals surface area contributed by atoms with E-state index in [0.29, 0.717) is 6.54 Å². The van der Waals surface area contributed by atoms with Gasteiger partial charge in [0.2, 0.25) is 0 Å². The number of carbonyl (C=O) groups is 1. The maximum absolute atomic E-state index is 12.3. The van der Waals surface area contributed by atoms with Gasteiger partial charge in [0.15, 0.2) is 0 Å². The number of nitro groups is 1. The molecular weight excluding hydrogens is 250 g/mol. The predicted octanol–water partition coefficient (Wildman–Crippen LogP) is 0.776. The van der Waals surface area contributed by atoms with Gasteiger partial charge < -0.3 is 14.6 Å². The van der Waals surface area contributed by atoms with E-state index in [1.54, 1.807) is 11.9 Å². The second kappa shape index (κ2) is 5.00. The number of nitrogens with zero attached hydrogens (tertiary/aromatic N) is 3. The summed E-state index contributed by atoms with van der Waals surface area (Å²) in [7, 11) is 1.60. The molecule has 1 aliphatic heterocycles. The molecule has 1 aromatic heterocycles. The summed E-state index contributed by atoms with van der Waals surface area (Å²) in [6.07, 6.45) is 1.52. The van der Waals surface area contributed by atoms with Crippen molar-refractivity contribution in [1.82, 2.24) is 9.47 Å². The summed E-state index contributed by atoms with van der Waals surface area (Å²) in [5, 5.41) is 20.5. The molecule has 1 N–H and O–H groups in total. The number of aliphatic hydroxyl groups excluding tert-OH is 1. The molecule has 2 unspecified atom stereocenters. The average molecular weight is 267 g/mol. The zero-order chi connectivity index (χ0) is 14.2. The van der Waals surface area contributed by atoms with Crippen molar-refractivity contribution in [2.24, 2.45) is 13.0 Å². The normalized spacial score (nSPS) is 23.4. The van der Waals surface area contributed by atoms with E-state index in [1.165, 1.54) is 16.8 Å². The predicted molar refractivity (Wildman–Crippen MR) is 67.8 cm³/mol. The number of carbonyl (C=O) groups excluding carboxylic acids is 1. The molecule has 1 aromatic rings. The van der Waals surface area contributed by atoms with Gasteiger partial charge >= 0.3 is 0 Å². The molecule has 0 bridgehead atoms. The first kappa shape index (κ1) is 13.5. The van der Waals surface area contributed by atoms with Crippen LogP contribution in [0.25, 0.3) is 0 Å². The molecule has 2 atom stereocenters. The highest BCUT2D eigenvalue weighted by atomic mass is 16.6. The maximum atomic E-state index is 12.3. The number of aromatic nitrogens is 1. The lowest BCUT2D eigenvalue weighted by molar-refractivity contribution is -0.384. The Morgan fingerprint density at radius 3 is 2.79 bits per heavy atom. The van der Waals surface area contributed by atoms with Crippen molar-refractivity contribution in [3.05, 3.63) is 28.1 Å². The lowest BCUT2D eigenvalue weighted by atomic mass is 9.96. The monoisotopic (exact) mass is 267 g/mol. The van der Waals surface area contributed by atoms with Crippen LogP contribution in [0.15, 0.2) is 12.3 Å². The van der Waals surface area contributed by atoms with Gasteiger partial charge in [-0.1, -0.05) is 6.92 Å². The van der Waals surface area contributed by atoms with Crippen molar-refractivity contribution in [3.8, 4) is 0 Å². The number of amides is 1. The van der Waals surface area contributed by atoms with E-state index >= 15 is 0 Å². The SMILES string of the molecule is CC1CCN(C(=O)c2cc([N+](=O)[O-])cn2C)CC1O. The molecule has 2 rings (SSSR count). The molecule has 1 aliphatic rings. The van der Waals surface area contributed by atoms with Gasteiger partial charge in [0, 0.05) is 26.2 Å². The topological polar surface area (TPSA) is 88.6 Å². The molecule has 0 spiro atoms. The van der Waals surface area contributed by atoms with E-state index in [-0.39, 0.29) is 29.8 Å². The minimum absolute atomic E-state index is 0.100. The Hall–Kier alpha value is -1.89. The fourth-order valence-corrected chi connectivity index (χ4v) is 2.25. The Balaban J connectivity index is 2.18. The molecule has 0 radical (unpaired) electrons. The van der Waals surface area contributed by atoms with Crippen LogP contribution >= 0.6 is 0 Å². The Bertz CT molecular complexity index is 511. The summed E-state index contributed by atoms with van der Waals surface area (Å²) >= 11 is 0. The molecule has 1 saturated heterocycles. The number of β-amino-alcohol motifs (C(OH)–C–C–N with tert-alkyl or cyclic N) is 1. The Kier molecular flexibility index (Phi) is 3.57. The van der Waals surface area contributed by atoms with Crippen LogP contribution in [0.2, 0.25) is 0 Å². The number of aryl methyl sites for hydroxylation is 1. The summed E-state index contributed by atoms with van der Waals surface area (Å²) in [6.45, 7) is 2.79. The van der Waals surface area contributed by atoms with Crippen LogP contribution in [0.4, 0.5) is 5.69 Å². The second-order valence-corrected chi connectivity index (χ2v) is 5.04. The molecule has 7 nitrogen and oxygen atoms in total. The van der Waals surface area contributed by atoms with Gasteiger partial charge in [0.05, 0.1) is 17.2 Å². The second-order valence-electron chi connectivity index (χ2n) is 5.04. The molecule has 0 aromatic carbocycles. The first-order valence-electron chi connectivity index (χ1n) is 6.18. The first-order chi connectivity index (χ1) is 8.90. The van der Waals surface area contributed by atoms with Crippen LogP contribution in [0, 0.1) is 16.0 Å². The van der Waals surface area contributed by atoms with Gasteiger partial charge in [-0.3, -0.25) is 14.9 Å². The highest BCUT2D eigenvalue weighted by Crippen LogP contribution is 2.21.